The van der Waals surface area contributed by atoms with Crippen molar-refractivity contribution in [3.63, 3.8) is 0 Å². The minimum absolute atomic E-state index is 0.201. The highest BCUT2D eigenvalue weighted by atomic mass is 15.0. The van der Waals surface area contributed by atoms with Gasteiger partial charge >= 0.3 is 0 Å². The molecule has 0 aromatic carbocycles. The molecule has 0 amide bonds. The minimum Gasteiger partial charge on any atom is -0.382 e. The topological polar surface area (TPSA) is 51.3 Å². The molecule has 0 radical (unpaired) electrons. The number of nitrogens with two attached hydrogens (primary N) is 1. The van der Waals surface area contributed by atoms with Crippen LogP contribution < -0.4 is 5.73 Å². The lowest BCUT2D eigenvalue weighted by Gasteiger charge is -2.14. The standard InChI is InChI=1S/C9H11N3.C2H6/c1-9(2)6-4-3-5-11-7(6)8(10)12-9;1-2/h3-5H,1-2H3,(H2,10,12);1-2H3. The third kappa shape index (κ3) is 1.62. The van der Waals surface area contributed by atoms with Crippen LogP contribution in [0.5, 0.6) is 0 Å². The summed E-state index contributed by atoms with van der Waals surface area (Å²) in [4.78, 5) is 8.50. The molecule has 1 aliphatic heterocycles. The van der Waals surface area contributed by atoms with Gasteiger partial charge in [-0.2, -0.15) is 0 Å². The van der Waals surface area contributed by atoms with Gasteiger partial charge in [0.15, 0.2) is 0 Å². The molecule has 1 aromatic heterocycles. The Hall–Kier alpha value is -1.38. The zero-order valence-electron chi connectivity index (χ0n) is 9.20. The second-order valence-electron chi connectivity index (χ2n) is 3.46. The van der Waals surface area contributed by atoms with E-state index in [0.717, 1.165) is 11.3 Å². The van der Waals surface area contributed by atoms with Crippen molar-refractivity contribution in [1.29, 1.82) is 0 Å². The molecule has 0 saturated carbocycles. The molecule has 1 aliphatic rings. The van der Waals surface area contributed by atoms with Crippen molar-refractivity contribution in [2.45, 2.75) is 33.2 Å². The summed E-state index contributed by atoms with van der Waals surface area (Å²) in [6.45, 7) is 8.07. The van der Waals surface area contributed by atoms with Gasteiger partial charge in [-0.15, -0.1) is 0 Å². The quantitative estimate of drug-likeness (QED) is 0.682. The van der Waals surface area contributed by atoms with E-state index < -0.39 is 0 Å². The van der Waals surface area contributed by atoms with Crippen LogP contribution in [-0.2, 0) is 5.54 Å². The van der Waals surface area contributed by atoms with Gasteiger partial charge in [-0.05, 0) is 19.9 Å². The van der Waals surface area contributed by atoms with Crippen LogP contribution in [0.4, 0.5) is 0 Å². The number of rotatable bonds is 0. The van der Waals surface area contributed by atoms with Crippen LogP contribution in [0.15, 0.2) is 23.3 Å². The van der Waals surface area contributed by atoms with E-state index in [-0.39, 0.29) is 5.54 Å². The van der Waals surface area contributed by atoms with E-state index in [1.165, 1.54) is 0 Å². The molecule has 0 bridgehead atoms. The average Bonchev–Trinajstić information content (AvgIpc) is 2.42. The predicted molar refractivity (Wildman–Crippen MR) is 59.3 cm³/mol. The first-order chi connectivity index (χ1) is 6.61. The molecular weight excluding hydrogens is 174 g/mol. The Kier molecular flexibility index (Phi) is 2.89. The van der Waals surface area contributed by atoms with E-state index in [4.69, 9.17) is 5.73 Å². The lowest BCUT2D eigenvalue weighted by atomic mass is 9.97. The zero-order valence-corrected chi connectivity index (χ0v) is 9.20. The highest BCUT2D eigenvalue weighted by molar-refractivity contribution is 6.00. The smallest absolute Gasteiger partial charge is 0.145 e. The molecule has 76 valence electrons. The Morgan fingerprint density at radius 3 is 2.50 bits per heavy atom. The number of aromatic nitrogens is 1. The Bertz CT molecular complexity index is 353. The summed E-state index contributed by atoms with van der Waals surface area (Å²) < 4.78 is 0. The maximum Gasteiger partial charge on any atom is 0.145 e. The van der Waals surface area contributed by atoms with Crippen LogP contribution in [0.25, 0.3) is 0 Å². The Labute approximate surface area is 85.1 Å². The molecule has 0 fully saturated rings. The zero-order chi connectivity index (χ0) is 10.8. The van der Waals surface area contributed by atoms with Crippen LogP contribution in [-0.4, -0.2) is 10.8 Å². The summed E-state index contributed by atoms with van der Waals surface area (Å²) >= 11 is 0. The Morgan fingerprint density at radius 1 is 1.29 bits per heavy atom. The molecule has 3 heteroatoms. The molecule has 14 heavy (non-hydrogen) atoms. The summed E-state index contributed by atoms with van der Waals surface area (Å²) in [6, 6.07) is 3.93. The normalized spacial score (nSPS) is 16.4. The van der Waals surface area contributed by atoms with E-state index >= 15 is 0 Å². The van der Waals surface area contributed by atoms with Crippen LogP contribution in [0.1, 0.15) is 39.0 Å². The molecule has 0 saturated heterocycles. The number of hydrogen-bond acceptors (Lipinski definition) is 3. The number of aliphatic imine (C=N–C) groups is 1. The summed E-state index contributed by atoms with van der Waals surface area (Å²) in [7, 11) is 0. The van der Waals surface area contributed by atoms with Crippen molar-refractivity contribution >= 4 is 5.84 Å². The highest BCUT2D eigenvalue weighted by Gasteiger charge is 2.30. The Morgan fingerprint density at radius 2 is 1.93 bits per heavy atom. The van der Waals surface area contributed by atoms with Crippen LogP contribution in [0.3, 0.4) is 0 Å². The molecule has 0 spiro atoms. The molecule has 0 unspecified atom stereocenters. The SMILES string of the molecule is CC.CC1(C)N=C(N)c2ncccc21. The van der Waals surface area contributed by atoms with Gasteiger partial charge in [0.25, 0.3) is 0 Å². The average molecular weight is 191 g/mol. The van der Waals surface area contributed by atoms with Crippen LogP contribution >= 0.6 is 0 Å². The van der Waals surface area contributed by atoms with Gasteiger partial charge in [0.2, 0.25) is 0 Å². The van der Waals surface area contributed by atoms with Crippen molar-refractivity contribution in [3.05, 3.63) is 29.6 Å². The third-order valence-electron chi connectivity index (χ3n) is 2.11. The van der Waals surface area contributed by atoms with Gasteiger partial charge < -0.3 is 5.73 Å². The lowest BCUT2D eigenvalue weighted by molar-refractivity contribution is 0.570. The summed E-state index contributed by atoms with van der Waals surface area (Å²) in [5.41, 5.74) is 7.46. The van der Waals surface area contributed by atoms with Gasteiger partial charge in [-0.3, -0.25) is 9.98 Å². The molecule has 2 N–H and O–H groups in total. The molecule has 0 aliphatic carbocycles. The van der Waals surface area contributed by atoms with Gasteiger partial charge in [-0.1, -0.05) is 19.9 Å². The fourth-order valence-electron chi connectivity index (χ4n) is 1.52. The summed E-state index contributed by atoms with van der Waals surface area (Å²) in [5, 5.41) is 0. The van der Waals surface area contributed by atoms with E-state index in [0.29, 0.717) is 5.84 Å². The fraction of sp³-hybridized carbons (Fsp3) is 0.455. The predicted octanol–water partition coefficient (Wildman–Crippen LogP) is 2.06. The first-order valence-corrected chi connectivity index (χ1v) is 4.92. The van der Waals surface area contributed by atoms with Crippen LogP contribution in [0.2, 0.25) is 0 Å². The van der Waals surface area contributed by atoms with Gasteiger partial charge in [0.05, 0.1) is 5.54 Å². The second-order valence-corrected chi connectivity index (χ2v) is 3.46. The first-order valence-electron chi connectivity index (χ1n) is 4.92. The number of pyridine rings is 1. The van der Waals surface area contributed by atoms with Crippen molar-refractivity contribution in [2.75, 3.05) is 0 Å². The lowest BCUT2D eigenvalue weighted by Crippen LogP contribution is -2.11. The maximum absolute atomic E-state index is 5.71. The van der Waals surface area contributed by atoms with Crippen molar-refractivity contribution < 1.29 is 0 Å². The van der Waals surface area contributed by atoms with Crippen molar-refractivity contribution in [3.8, 4) is 0 Å². The maximum atomic E-state index is 5.71. The number of fused-ring (bicyclic) bond motifs is 1. The third-order valence-corrected chi connectivity index (χ3v) is 2.11. The van der Waals surface area contributed by atoms with E-state index in [9.17, 15) is 0 Å². The van der Waals surface area contributed by atoms with Crippen LogP contribution in [0, 0.1) is 0 Å². The van der Waals surface area contributed by atoms with Gasteiger partial charge in [0, 0.05) is 11.8 Å². The van der Waals surface area contributed by atoms with E-state index in [1.54, 1.807) is 6.20 Å². The van der Waals surface area contributed by atoms with Crippen molar-refractivity contribution in [2.24, 2.45) is 10.7 Å². The van der Waals surface area contributed by atoms with Gasteiger partial charge in [0.1, 0.15) is 11.5 Å². The van der Waals surface area contributed by atoms with Gasteiger partial charge in [-0.25, -0.2) is 0 Å². The van der Waals surface area contributed by atoms with E-state index in [2.05, 4.69) is 9.98 Å². The van der Waals surface area contributed by atoms with E-state index in [1.807, 2.05) is 39.8 Å². The highest BCUT2D eigenvalue weighted by Crippen LogP contribution is 2.31. The second kappa shape index (κ2) is 3.78. The minimum atomic E-state index is -0.201. The fourth-order valence-corrected chi connectivity index (χ4v) is 1.52. The molecule has 3 nitrogen and oxygen atoms in total. The molecule has 0 atom stereocenters. The molecule has 2 heterocycles. The van der Waals surface area contributed by atoms with Crippen molar-refractivity contribution in [1.82, 2.24) is 4.98 Å². The molecular formula is C11H17N3. The number of amidine groups is 1. The molecule has 2 rings (SSSR count). The number of hydrogen-bond donors (Lipinski definition) is 1. The Balaban J connectivity index is 0.000000461. The molecule has 1 aromatic rings. The summed E-state index contributed by atoms with van der Waals surface area (Å²) in [6.07, 6.45) is 1.74. The monoisotopic (exact) mass is 191 g/mol. The largest absolute Gasteiger partial charge is 0.382 e. The first kappa shape index (κ1) is 10.7. The summed E-state index contributed by atoms with van der Waals surface area (Å²) in [5.74, 6) is 0.551. The number of nitrogens with zero attached hydrogens (tertiary/aromatic N) is 2.